The van der Waals surface area contributed by atoms with Gasteiger partial charge in [0.25, 0.3) is 17.6 Å². The number of ketones is 1. The molecule has 1 aromatic heterocycles. The fourth-order valence-electron chi connectivity index (χ4n) is 4.48. The fourth-order valence-corrected chi connectivity index (χ4v) is 4.48. The van der Waals surface area contributed by atoms with E-state index in [1.54, 1.807) is 47.4 Å². The molecule has 2 aromatic carbocycles. The van der Waals surface area contributed by atoms with Crippen LogP contribution in [-0.4, -0.2) is 92.5 Å². The summed E-state index contributed by atoms with van der Waals surface area (Å²) in [7, 11) is 0. The van der Waals surface area contributed by atoms with E-state index in [1.807, 2.05) is 6.07 Å². The SMILES string of the molecule is C#C.C=C.CC(C)(O)O[C@@H](CC(=O)Nc1cccc2c(C(=O)C(=O)N3CCN(C(=O)c4ccccc4)CC3)c[nH]c12)C(=O)O. The Morgan fingerprint density at radius 2 is 1.57 bits per heavy atom. The van der Waals surface area contributed by atoms with E-state index in [4.69, 9.17) is 4.74 Å². The van der Waals surface area contributed by atoms with Crippen molar-refractivity contribution in [2.75, 3.05) is 31.5 Å². The normalized spacial score (nSPS) is 13.4. The molecule has 3 aromatic rings. The van der Waals surface area contributed by atoms with Gasteiger partial charge in [-0.15, -0.1) is 26.0 Å². The van der Waals surface area contributed by atoms with Gasteiger partial charge < -0.3 is 35.1 Å². The summed E-state index contributed by atoms with van der Waals surface area (Å²) in [5.74, 6) is -5.42. The number of H-pyrrole nitrogens is 1. The standard InChI is InChI=1S/C28H30N4O8.C2H4.C2H2/c1-28(2,39)40-21(27(37)38)15-22(33)30-20-10-6-9-18-19(16-29-23(18)20)24(34)26(36)32-13-11-31(12-14-32)25(35)17-7-4-3-5-8-17;2*1-2/h3-10,16,21,29,39H,11-15H2,1-2H3,(H,30,33)(H,37,38);1-2H2;1-2H/t21-;;/m0../s1. The summed E-state index contributed by atoms with van der Waals surface area (Å²) in [4.78, 5) is 68.9. The lowest BCUT2D eigenvalue weighted by molar-refractivity contribution is -0.215. The lowest BCUT2D eigenvalue weighted by atomic mass is 10.1. The molecule has 1 fully saturated rings. The van der Waals surface area contributed by atoms with Crippen LogP contribution in [0.15, 0.2) is 67.9 Å². The van der Waals surface area contributed by atoms with Gasteiger partial charge >= 0.3 is 5.97 Å². The number of carboxylic acids is 1. The van der Waals surface area contributed by atoms with Crippen LogP contribution in [0, 0.1) is 12.8 Å². The number of ether oxygens (including phenoxy) is 1. The molecule has 0 saturated carbocycles. The maximum Gasteiger partial charge on any atom is 0.333 e. The molecule has 4 rings (SSSR count). The molecule has 1 aliphatic heterocycles. The molecule has 2 heterocycles. The number of aromatic amines is 1. The summed E-state index contributed by atoms with van der Waals surface area (Å²) >= 11 is 0. The molecule has 0 unspecified atom stereocenters. The van der Waals surface area contributed by atoms with Crippen LogP contribution in [-0.2, 0) is 19.1 Å². The van der Waals surface area contributed by atoms with E-state index in [-0.39, 0.29) is 30.2 Å². The number of Topliss-reactive ketones (excluding diaryl/α,β-unsaturated/α-hetero) is 1. The van der Waals surface area contributed by atoms with Crippen LogP contribution in [0.4, 0.5) is 5.69 Å². The zero-order valence-corrected chi connectivity index (χ0v) is 24.6. The predicted octanol–water partition coefficient (Wildman–Crippen LogP) is 2.91. The second-order valence-corrected chi connectivity index (χ2v) is 9.85. The number of carbonyl (C=O) groups excluding carboxylic acids is 4. The van der Waals surface area contributed by atoms with Crippen LogP contribution in [0.25, 0.3) is 10.9 Å². The first kappa shape index (κ1) is 34.9. The van der Waals surface area contributed by atoms with Crippen molar-refractivity contribution in [3.8, 4) is 12.8 Å². The Bertz CT molecular complexity index is 1500. The molecular weight excluding hydrogens is 568 g/mol. The number of nitrogens with zero attached hydrogens (tertiary/aromatic N) is 2. The number of piperazine rings is 1. The first-order valence-corrected chi connectivity index (χ1v) is 13.5. The smallest absolute Gasteiger partial charge is 0.333 e. The molecule has 3 amide bonds. The number of aromatic nitrogens is 1. The number of rotatable bonds is 9. The highest BCUT2D eigenvalue weighted by molar-refractivity contribution is 6.45. The maximum atomic E-state index is 13.2. The van der Waals surface area contributed by atoms with E-state index in [0.29, 0.717) is 29.6 Å². The molecule has 232 valence electrons. The van der Waals surface area contributed by atoms with E-state index in [0.717, 1.165) is 0 Å². The van der Waals surface area contributed by atoms with Crippen molar-refractivity contribution < 1.29 is 38.9 Å². The van der Waals surface area contributed by atoms with Gasteiger partial charge in [0.05, 0.1) is 23.2 Å². The number of carbonyl (C=O) groups is 5. The van der Waals surface area contributed by atoms with Gasteiger partial charge in [-0.2, -0.15) is 0 Å². The first-order chi connectivity index (χ1) is 20.9. The number of benzene rings is 2. The third kappa shape index (κ3) is 8.87. The van der Waals surface area contributed by atoms with Gasteiger partial charge in [-0.3, -0.25) is 19.2 Å². The quantitative estimate of drug-likeness (QED) is 0.0950. The summed E-state index contributed by atoms with van der Waals surface area (Å²) < 4.78 is 5.04. The van der Waals surface area contributed by atoms with Gasteiger partial charge in [0, 0.05) is 43.3 Å². The number of aliphatic hydroxyl groups is 1. The van der Waals surface area contributed by atoms with Gasteiger partial charge in [0.2, 0.25) is 5.91 Å². The van der Waals surface area contributed by atoms with E-state index in [2.05, 4.69) is 36.3 Å². The molecular formula is C32H36N4O8. The van der Waals surface area contributed by atoms with Crippen molar-refractivity contribution in [1.29, 1.82) is 0 Å². The monoisotopic (exact) mass is 604 g/mol. The van der Waals surface area contributed by atoms with Crippen molar-refractivity contribution >= 4 is 46.1 Å². The molecule has 44 heavy (non-hydrogen) atoms. The zero-order chi connectivity index (χ0) is 33.0. The van der Waals surface area contributed by atoms with Gasteiger partial charge in [0.1, 0.15) is 0 Å². The highest BCUT2D eigenvalue weighted by atomic mass is 16.6. The second-order valence-electron chi connectivity index (χ2n) is 9.85. The van der Waals surface area contributed by atoms with Gasteiger partial charge in [0.15, 0.2) is 11.9 Å². The van der Waals surface area contributed by atoms with Crippen LogP contribution in [0.1, 0.15) is 41.0 Å². The molecule has 0 bridgehead atoms. The number of nitrogens with one attached hydrogen (secondary N) is 2. The predicted molar refractivity (Wildman–Crippen MR) is 165 cm³/mol. The van der Waals surface area contributed by atoms with Crippen molar-refractivity contribution in [1.82, 2.24) is 14.8 Å². The summed E-state index contributed by atoms with van der Waals surface area (Å²) in [6, 6.07) is 13.6. The molecule has 4 N–H and O–H groups in total. The molecule has 0 spiro atoms. The molecule has 1 atom stereocenters. The van der Waals surface area contributed by atoms with E-state index in [9.17, 15) is 34.2 Å². The molecule has 12 nitrogen and oxygen atoms in total. The minimum atomic E-state index is -1.76. The Balaban J connectivity index is 0.00000162. The molecule has 12 heteroatoms. The molecule has 1 aliphatic rings. The minimum absolute atomic E-state index is 0.118. The minimum Gasteiger partial charge on any atom is -0.479 e. The molecule has 0 aliphatic carbocycles. The average Bonchev–Trinajstić information content (AvgIpc) is 3.47. The number of aliphatic carboxylic acids is 1. The van der Waals surface area contributed by atoms with Crippen LogP contribution < -0.4 is 5.32 Å². The number of hydrogen-bond donors (Lipinski definition) is 4. The molecule has 0 radical (unpaired) electrons. The summed E-state index contributed by atoms with van der Waals surface area (Å²) in [6.45, 7) is 9.53. The number of amides is 3. The fraction of sp³-hybridized carbons (Fsp3) is 0.281. The van der Waals surface area contributed by atoms with Gasteiger partial charge in [-0.05, 0) is 32.0 Å². The number of terminal acetylenes is 1. The highest BCUT2D eigenvalue weighted by Crippen LogP contribution is 2.27. The summed E-state index contributed by atoms with van der Waals surface area (Å²) in [5.41, 5.74) is 1.32. The van der Waals surface area contributed by atoms with E-state index in [1.165, 1.54) is 24.9 Å². The number of fused-ring (bicyclic) bond motifs is 1. The van der Waals surface area contributed by atoms with Gasteiger partial charge in [-0.1, -0.05) is 30.3 Å². The van der Waals surface area contributed by atoms with Crippen molar-refractivity contribution in [2.45, 2.75) is 32.2 Å². The third-order valence-corrected chi connectivity index (χ3v) is 6.38. The lowest BCUT2D eigenvalue weighted by Gasteiger charge is -2.34. The Labute approximate surface area is 255 Å². The number of carboxylic acid groups (broad SMARTS) is 1. The zero-order valence-electron chi connectivity index (χ0n) is 24.6. The number of anilines is 1. The van der Waals surface area contributed by atoms with Crippen LogP contribution >= 0.6 is 0 Å². The number of hydrogen-bond acceptors (Lipinski definition) is 7. The second kappa shape index (κ2) is 15.8. The topological polar surface area (TPSA) is 169 Å². The van der Waals surface area contributed by atoms with Crippen molar-refractivity contribution in [2.24, 2.45) is 0 Å². The van der Waals surface area contributed by atoms with Crippen molar-refractivity contribution in [3.63, 3.8) is 0 Å². The van der Waals surface area contributed by atoms with Crippen molar-refractivity contribution in [3.05, 3.63) is 79.0 Å². The van der Waals surface area contributed by atoms with Gasteiger partial charge in [-0.25, -0.2) is 4.79 Å². The Morgan fingerprint density at radius 1 is 0.977 bits per heavy atom. The average molecular weight is 605 g/mol. The summed E-state index contributed by atoms with van der Waals surface area (Å²) in [5, 5.41) is 22.1. The first-order valence-electron chi connectivity index (χ1n) is 13.5. The third-order valence-electron chi connectivity index (χ3n) is 6.38. The maximum absolute atomic E-state index is 13.2. The van der Waals surface area contributed by atoms with E-state index < -0.39 is 41.9 Å². The largest absolute Gasteiger partial charge is 0.479 e. The van der Waals surface area contributed by atoms with Crippen LogP contribution in [0.5, 0.6) is 0 Å². The highest BCUT2D eigenvalue weighted by Gasteiger charge is 2.31. The van der Waals surface area contributed by atoms with Crippen LogP contribution in [0.2, 0.25) is 0 Å². The Kier molecular flexibility index (Phi) is 12.6. The Hall–Kier alpha value is -5.25. The lowest BCUT2D eigenvalue weighted by Crippen LogP contribution is -2.52. The molecule has 1 saturated heterocycles. The number of para-hydroxylation sites is 1. The van der Waals surface area contributed by atoms with E-state index >= 15 is 0 Å². The summed E-state index contributed by atoms with van der Waals surface area (Å²) in [6.07, 6.45) is 7.23. The Morgan fingerprint density at radius 3 is 2.14 bits per heavy atom. The van der Waals surface area contributed by atoms with Crippen LogP contribution in [0.3, 0.4) is 0 Å².